The highest BCUT2D eigenvalue weighted by atomic mass is 16.6. The lowest BCUT2D eigenvalue weighted by Gasteiger charge is -2.30. The number of carbonyl (C=O) groups excluding carboxylic acids is 1. The Labute approximate surface area is 145 Å². The minimum Gasteiger partial charge on any atom is -0.390 e. The highest BCUT2D eigenvalue weighted by molar-refractivity contribution is 6.22. The zero-order valence-corrected chi connectivity index (χ0v) is 15.5. The molecular formula is C21H27NO2. The Morgan fingerprint density at radius 1 is 0.875 bits per heavy atom. The van der Waals surface area contributed by atoms with Crippen LogP contribution in [0.1, 0.15) is 47.1 Å². The molecule has 2 rings (SSSR count). The first-order valence-corrected chi connectivity index (χ1v) is 8.32. The van der Waals surface area contributed by atoms with Crippen molar-refractivity contribution in [1.82, 2.24) is 0 Å². The Bertz CT molecular complexity index is 660. The van der Waals surface area contributed by atoms with Gasteiger partial charge in [0.05, 0.1) is 0 Å². The molecule has 1 aliphatic rings. The van der Waals surface area contributed by atoms with E-state index >= 15 is 0 Å². The second-order valence-corrected chi connectivity index (χ2v) is 8.22. The van der Waals surface area contributed by atoms with Crippen LogP contribution in [0.15, 0.2) is 58.8 Å². The maximum Gasteiger partial charge on any atom is 0.186 e. The summed E-state index contributed by atoms with van der Waals surface area (Å²) >= 11 is 0. The smallest absolute Gasteiger partial charge is 0.186 e. The van der Waals surface area contributed by atoms with Crippen molar-refractivity contribution in [3.05, 3.63) is 59.2 Å². The predicted octanol–water partition coefficient (Wildman–Crippen LogP) is 5.09. The molecule has 0 aliphatic heterocycles. The minimum absolute atomic E-state index is 0.108. The summed E-state index contributed by atoms with van der Waals surface area (Å²) in [6.45, 7) is 12.7. The Morgan fingerprint density at radius 3 is 1.83 bits per heavy atom. The van der Waals surface area contributed by atoms with Crippen molar-refractivity contribution >= 4 is 11.5 Å². The number of ketones is 1. The van der Waals surface area contributed by atoms with Crippen LogP contribution in [0.5, 0.6) is 0 Å². The van der Waals surface area contributed by atoms with E-state index in [-0.39, 0.29) is 16.6 Å². The second-order valence-electron chi connectivity index (χ2n) is 8.22. The summed E-state index contributed by atoms with van der Waals surface area (Å²) in [4.78, 5) is 18.3. The highest BCUT2D eigenvalue weighted by Gasteiger charge is 2.34. The van der Waals surface area contributed by atoms with Gasteiger partial charge in [-0.15, -0.1) is 0 Å². The maximum atomic E-state index is 12.8. The molecule has 0 saturated carbocycles. The van der Waals surface area contributed by atoms with Gasteiger partial charge in [-0.3, -0.25) is 4.79 Å². The number of allylic oxidation sites excluding steroid dienone is 4. The van der Waals surface area contributed by atoms with Crippen LogP contribution in [0.25, 0.3) is 0 Å². The van der Waals surface area contributed by atoms with Gasteiger partial charge in [0, 0.05) is 11.1 Å². The average Bonchev–Trinajstić information content (AvgIpc) is 2.47. The van der Waals surface area contributed by atoms with E-state index < -0.39 is 0 Å². The highest BCUT2D eigenvalue weighted by Crippen LogP contribution is 2.36. The van der Waals surface area contributed by atoms with Gasteiger partial charge in [0.25, 0.3) is 0 Å². The third kappa shape index (κ3) is 4.44. The van der Waals surface area contributed by atoms with E-state index in [4.69, 9.17) is 4.84 Å². The summed E-state index contributed by atoms with van der Waals surface area (Å²) in [6.07, 6.45) is 3.70. The molecule has 3 heteroatoms. The Kier molecular flexibility index (Phi) is 5.12. The fourth-order valence-corrected chi connectivity index (χ4v) is 2.54. The number of oxime groups is 1. The summed E-state index contributed by atoms with van der Waals surface area (Å²) in [6, 6.07) is 9.91. The molecule has 0 atom stereocenters. The van der Waals surface area contributed by atoms with Gasteiger partial charge in [0.1, 0.15) is 12.3 Å². The fourth-order valence-electron chi connectivity index (χ4n) is 2.54. The van der Waals surface area contributed by atoms with Gasteiger partial charge >= 0.3 is 0 Å². The summed E-state index contributed by atoms with van der Waals surface area (Å²) in [5.74, 6) is 0.108. The molecule has 128 valence electrons. The number of hydrogen-bond donors (Lipinski definition) is 0. The van der Waals surface area contributed by atoms with Gasteiger partial charge in [-0.25, -0.2) is 0 Å². The zero-order valence-electron chi connectivity index (χ0n) is 15.5. The lowest BCUT2D eigenvalue weighted by atomic mass is 9.72. The molecule has 0 spiro atoms. The molecule has 0 heterocycles. The third-order valence-electron chi connectivity index (χ3n) is 3.93. The van der Waals surface area contributed by atoms with E-state index in [1.807, 2.05) is 84.0 Å². The molecule has 0 saturated heterocycles. The van der Waals surface area contributed by atoms with Crippen molar-refractivity contribution < 1.29 is 9.63 Å². The van der Waals surface area contributed by atoms with E-state index in [9.17, 15) is 4.79 Å². The van der Waals surface area contributed by atoms with E-state index in [2.05, 4.69) is 5.16 Å². The van der Waals surface area contributed by atoms with Crippen LogP contribution in [0.2, 0.25) is 0 Å². The molecule has 0 aromatic heterocycles. The van der Waals surface area contributed by atoms with Gasteiger partial charge in [0.15, 0.2) is 5.78 Å². The van der Waals surface area contributed by atoms with Crippen LogP contribution < -0.4 is 0 Å². The van der Waals surface area contributed by atoms with E-state index in [1.54, 1.807) is 0 Å². The summed E-state index contributed by atoms with van der Waals surface area (Å²) < 4.78 is 0. The van der Waals surface area contributed by atoms with Crippen LogP contribution in [0, 0.1) is 10.8 Å². The molecule has 0 N–H and O–H groups in total. The van der Waals surface area contributed by atoms with Gasteiger partial charge in [-0.2, -0.15) is 0 Å². The largest absolute Gasteiger partial charge is 0.390 e. The molecule has 3 nitrogen and oxygen atoms in total. The molecular weight excluding hydrogens is 298 g/mol. The number of hydrogen-bond acceptors (Lipinski definition) is 3. The van der Waals surface area contributed by atoms with Gasteiger partial charge in [-0.05, 0) is 28.5 Å². The second kappa shape index (κ2) is 6.76. The first-order chi connectivity index (χ1) is 11.1. The topological polar surface area (TPSA) is 38.7 Å². The molecule has 0 amide bonds. The van der Waals surface area contributed by atoms with Crippen molar-refractivity contribution in [3.8, 4) is 0 Å². The van der Waals surface area contributed by atoms with Crippen LogP contribution in [-0.2, 0) is 16.2 Å². The standard InChI is InChI=1S/C21H27NO2/c1-20(2,3)17-12-16(13-18(19(17)23)21(4,5)6)22-24-14-15-10-8-7-9-11-15/h7-13H,14H2,1-6H3. The Balaban J connectivity index is 2.28. The van der Waals surface area contributed by atoms with Gasteiger partial charge in [0.2, 0.25) is 0 Å². The third-order valence-corrected chi connectivity index (χ3v) is 3.93. The monoisotopic (exact) mass is 325 g/mol. The average molecular weight is 325 g/mol. The van der Waals surface area contributed by atoms with Crippen LogP contribution in [0.4, 0.5) is 0 Å². The Hall–Kier alpha value is -2.16. The normalized spacial score (nSPS) is 15.8. The lowest BCUT2D eigenvalue weighted by Crippen LogP contribution is -2.29. The number of benzene rings is 1. The summed E-state index contributed by atoms with van der Waals surface area (Å²) in [5, 5.41) is 4.25. The van der Waals surface area contributed by atoms with E-state index in [0.29, 0.717) is 12.3 Å². The predicted molar refractivity (Wildman–Crippen MR) is 98.7 cm³/mol. The molecule has 0 radical (unpaired) electrons. The first-order valence-electron chi connectivity index (χ1n) is 8.32. The number of rotatable bonds is 3. The molecule has 1 aromatic rings. The van der Waals surface area contributed by atoms with Crippen molar-refractivity contribution in [2.45, 2.75) is 48.1 Å². The van der Waals surface area contributed by atoms with Crippen molar-refractivity contribution in [2.75, 3.05) is 0 Å². The van der Waals surface area contributed by atoms with E-state index in [1.165, 1.54) is 0 Å². The molecule has 0 unspecified atom stereocenters. The number of Topliss-reactive ketones (excluding diaryl/α,β-unsaturated/α-hetero) is 1. The molecule has 0 bridgehead atoms. The zero-order chi connectivity index (χ0) is 18.0. The lowest BCUT2D eigenvalue weighted by molar-refractivity contribution is -0.114. The van der Waals surface area contributed by atoms with Crippen molar-refractivity contribution in [3.63, 3.8) is 0 Å². The fraction of sp³-hybridized carbons (Fsp3) is 0.429. The Morgan fingerprint density at radius 2 is 1.38 bits per heavy atom. The van der Waals surface area contributed by atoms with Crippen LogP contribution in [0.3, 0.4) is 0 Å². The number of nitrogens with zero attached hydrogens (tertiary/aromatic N) is 1. The van der Waals surface area contributed by atoms with Crippen LogP contribution >= 0.6 is 0 Å². The molecule has 0 fully saturated rings. The summed E-state index contributed by atoms with van der Waals surface area (Å²) in [7, 11) is 0. The minimum atomic E-state index is -0.234. The summed E-state index contributed by atoms with van der Waals surface area (Å²) in [5.41, 5.74) is 2.84. The quantitative estimate of drug-likeness (QED) is 0.574. The van der Waals surface area contributed by atoms with Crippen molar-refractivity contribution in [2.24, 2.45) is 16.0 Å². The first kappa shape index (κ1) is 18.2. The molecule has 24 heavy (non-hydrogen) atoms. The maximum absolute atomic E-state index is 12.8. The number of carbonyl (C=O) groups is 1. The van der Waals surface area contributed by atoms with Crippen molar-refractivity contribution in [1.29, 1.82) is 0 Å². The molecule has 1 aliphatic carbocycles. The van der Waals surface area contributed by atoms with Gasteiger partial charge < -0.3 is 4.84 Å². The van der Waals surface area contributed by atoms with Gasteiger partial charge in [-0.1, -0.05) is 77.0 Å². The van der Waals surface area contributed by atoms with Crippen LogP contribution in [-0.4, -0.2) is 11.5 Å². The van der Waals surface area contributed by atoms with E-state index in [0.717, 1.165) is 16.7 Å². The molecule has 1 aromatic carbocycles. The SMILES string of the molecule is CC(C)(C)C1=CC(=NOCc2ccccc2)C=C(C(C)(C)C)C1=O.